The van der Waals surface area contributed by atoms with Crippen molar-refractivity contribution in [1.29, 1.82) is 0 Å². The second kappa shape index (κ2) is 7.12. The van der Waals surface area contributed by atoms with Gasteiger partial charge in [-0.2, -0.15) is 0 Å². The van der Waals surface area contributed by atoms with Gasteiger partial charge in [0.25, 0.3) is 0 Å². The zero-order valence-electron chi connectivity index (χ0n) is 15.5. The van der Waals surface area contributed by atoms with Gasteiger partial charge in [-0.3, -0.25) is 5.32 Å². The molecule has 0 radical (unpaired) electrons. The molecule has 6 nitrogen and oxygen atoms in total. The molecule has 4 atom stereocenters. The zero-order valence-corrected chi connectivity index (χ0v) is 15.5. The Morgan fingerprint density at radius 1 is 1.31 bits per heavy atom. The van der Waals surface area contributed by atoms with Crippen LogP contribution in [-0.2, 0) is 16.8 Å². The lowest BCUT2D eigenvalue weighted by atomic mass is 9.77. The van der Waals surface area contributed by atoms with Gasteiger partial charge in [0.05, 0.1) is 24.8 Å². The smallest absolute Gasteiger partial charge is 0.126 e. The predicted octanol–water partition coefficient (Wildman–Crippen LogP) is 1.24. The number of rotatable bonds is 6. The second-order valence-corrected chi connectivity index (χ2v) is 7.58. The Kier molecular flexibility index (Phi) is 4.84. The summed E-state index contributed by atoms with van der Waals surface area (Å²) < 4.78 is 7.43. The zero-order chi connectivity index (χ0) is 18.1. The van der Waals surface area contributed by atoms with Crippen molar-refractivity contribution in [1.82, 2.24) is 19.8 Å². The van der Waals surface area contributed by atoms with Crippen molar-refractivity contribution in [2.75, 3.05) is 40.5 Å². The number of nitrogens with zero attached hydrogens (tertiary/aromatic N) is 3. The van der Waals surface area contributed by atoms with Gasteiger partial charge < -0.3 is 19.3 Å². The van der Waals surface area contributed by atoms with Crippen LogP contribution < -0.4 is 5.32 Å². The molecular weight excluding hydrogens is 328 g/mol. The van der Waals surface area contributed by atoms with Crippen LogP contribution in [0, 0.1) is 11.8 Å². The van der Waals surface area contributed by atoms with Crippen molar-refractivity contribution >= 4 is 0 Å². The summed E-state index contributed by atoms with van der Waals surface area (Å²) in [5, 5.41) is 14.3. The topological polar surface area (TPSA) is 62.6 Å². The Bertz CT molecular complexity index is 734. The number of aliphatic hydroxyl groups excluding tert-OH is 1. The summed E-state index contributed by atoms with van der Waals surface area (Å²) in [4.78, 5) is 7.05. The number of hydrogen-bond acceptors (Lipinski definition) is 5. The Morgan fingerprint density at radius 2 is 2.12 bits per heavy atom. The Hall–Kier alpha value is -1.73. The molecule has 2 aliphatic rings. The van der Waals surface area contributed by atoms with Crippen molar-refractivity contribution in [3.05, 3.63) is 54.1 Å². The van der Waals surface area contributed by atoms with Crippen LogP contribution in [0.1, 0.15) is 17.4 Å². The molecule has 0 saturated carbocycles. The molecule has 0 spiro atoms. The number of aliphatic hydroxyl groups is 1. The van der Waals surface area contributed by atoms with E-state index in [4.69, 9.17) is 4.74 Å². The molecule has 2 N–H and O–H groups in total. The molecule has 2 fully saturated rings. The lowest BCUT2D eigenvalue weighted by Gasteiger charge is -2.35. The number of methoxy groups -OCH3 is 1. The van der Waals surface area contributed by atoms with Crippen LogP contribution in [0.2, 0.25) is 0 Å². The summed E-state index contributed by atoms with van der Waals surface area (Å²) in [5.41, 5.74) is 0.727. The van der Waals surface area contributed by atoms with Gasteiger partial charge in [-0.25, -0.2) is 4.98 Å². The Morgan fingerprint density at radius 3 is 2.85 bits per heavy atom. The third-order valence-corrected chi connectivity index (χ3v) is 6.12. The van der Waals surface area contributed by atoms with Gasteiger partial charge in [0.2, 0.25) is 0 Å². The lowest BCUT2D eigenvalue weighted by molar-refractivity contribution is 0.128. The first kappa shape index (κ1) is 17.7. The molecular formula is C20H28N4O2. The quantitative estimate of drug-likeness (QED) is 0.815. The molecule has 140 valence electrons. The molecule has 4 rings (SSSR count). The molecule has 0 bridgehead atoms. The predicted molar refractivity (Wildman–Crippen MR) is 99.7 cm³/mol. The number of benzene rings is 1. The highest BCUT2D eigenvalue weighted by Gasteiger charge is 2.57. The standard InChI is InChI=1S/C20H28N4O2/c1-23-12-16-17(13-23)20(14-25,15-6-4-3-5-7-15)22-18(16)19-21-8-9-24(19)10-11-26-2/h3-9,16-18,22,25H,10-14H2,1-2H3/t16-,17+,18+,20-/m1/s1. The van der Waals surface area contributed by atoms with E-state index in [0.29, 0.717) is 18.4 Å². The summed E-state index contributed by atoms with van der Waals surface area (Å²) in [7, 11) is 3.89. The average molecular weight is 356 g/mol. The highest BCUT2D eigenvalue weighted by Crippen LogP contribution is 2.50. The van der Waals surface area contributed by atoms with Crippen LogP contribution in [0.5, 0.6) is 0 Å². The van der Waals surface area contributed by atoms with Crippen LogP contribution in [0.3, 0.4) is 0 Å². The van der Waals surface area contributed by atoms with E-state index in [2.05, 4.69) is 51.1 Å². The number of nitrogens with one attached hydrogen (secondary N) is 1. The Labute approximate surface area is 154 Å². The van der Waals surface area contributed by atoms with E-state index in [9.17, 15) is 5.11 Å². The number of imidazole rings is 1. The van der Waals surface area contributed by atoms with Crippen molar-refractivity contribution in [3.63, 3.8) is 0 Å². The number of aromatic nitrogens is 2. The van der Waals surface area contributed by atoms with Gasteiger partial charge in [-0.1, -0.05) is 30.3 Å². The first-order valence-corrected chi connectivity index (χ1v) is 9.32. The monoisotopic (exact) mass is 356 g/mol. The maximum Gasteiger partial charge on any atom is 0.126 e. The van der Waals surface area contributed by atoms with Crippen molar-refractivity contribution in [2.24, 2.45) is 11.8 Å². The highest BCUT2D eigenvalue weighted by molar-refractivity contribution is 5.31. The van der Waals surface area contributed by atoms with Crippen molar-refractivity contribution in [2.45, 2.75) is 18.1 Å². The first-order valence-electron chi connectivity index (χ1n) is 9.32. The molecule has 2 aromatic rings. The fourth-order valence-corrected chi connectivity index (χ4v) is 4.90. The third kappa shape index (κ3) is 2.77. The third-order valence-electron chi connectivity index (χ3n) is 6.12. The van der Waals surface area contributed by atoms with Crippen molar-refractivity contribution in [3.8, 4) is 0 Å². The van der Waals surface area contributed by atoms with Crippen LogP contribution in [0.15, 0.2) is 42.7 Å². The Balaban J connectivity index is 1.73. The SMILES string of the molecule is COCCn1ccnc1[C@H]1N[C@](CO)(c2ccccc2)[C@H]2CN(C)C[C@@H]12. The molecule has 3 heterocycles. The summed E-state index contributed by atoms with van der Waals surface area (Å²) >= 11 is 0. The molecule has 26 heavy (non-hydrogen) atoms. The minimum absolute atomic E-state index is 0.0846. The van der Waals surface area contributed by atoms with E-state index in [0.717, 1.165) is 31.0 Å². The minimum Gasteiger partial charge on any atom is -0.394 e. The van der Waals surface area contributed by atoms with E-state index < -0.39 is 5.54 Å². The molecule has 2 aliphatic heterocycles. The summed E-state index contributed by atoms with van der Waals surface area (Å²) in [6.07, 6.45) is 3.88. The minimum atomic E-state index is -0.431. The lowest BCUT2D eigenvalue weighted by Crippen LogP contribution is -2.48. The molecule has 2 saturated heterocycles. The average Bonchev–Trinajstić information content (AvgIpc) is 3.35. The fraction of sp³-hybridized carbons (Fsp3) is 0.550. The maximum absolute atomic E-state index is 10.5. The molecule has 1 aromatic heterocycles. The van der Waals surface area contributed by atoms with Crippen LogP contribution in [0.4, 0.5) is 0 Å². The van der Waals surface area contributed by atoms with Gasteiger partial charge in [0, 0.05) is 51.0 Å². The summed E-state index contributed by atoms with van der Waals surface area (Å²) in [6.45, 7) is 3.51. The highest BCUT2D eigenvalue weighted by atomic mass is 16.5. The van der Waals surface area contributed by atoms with E-state index in [1.807, 2.05) is 18.5 Å². The number of likely N-dealkylation sites (tertiary alicyclic amines) is 1. The van der Waals surface area contributed by atoms with E-state index in [-0.39, 0.29) is 12.6 Å². The van der Waals surface area contributed by atoms with Gasteiger partial charge >= 0.3 is 0 Å². The van der Waals surface area contributed by atoms with Gasteiger partial charge in [-0.15, -0.1) is 0 Å². The second-order valence-electron chi connectivity index (χ2n) is 7.58. The maximum atomic E-state index is 10.5. The summed E-state index contributed by atoms with van der Waals surface area (Å²) in [5.74, 6) is 1.80. The van der Waals surface area contributed by atoms with Gasteiger partial charge in [-0.05, 0) is 12.6 Å². The number of fused-ring (bicyclic) bond motifs is 1. The normalized spacial score (nSPS) is 31.4. The van der Waals surface area contributed by atoms with Crippen LogP contribution >= 0.6 is 0 Å². The fourth-order valence-electron chi connectivity index (χ4n) is 4.90. The van der Waals surface area contributed by atoms with E-state index in [1.54, 1.807) is 7.11 Å². The molecule has 0 aliphatic carbocycles. The number of ether oxygens (including phenoxy) is 1. The molecule has 0 amide bonds. The van der Waals surface area contributed by atoms with Crippen LogP contribution in [-0.4, -0.2) is 60.0 Å². The van der Waals surface area contributed by atoms with Gasteiger partial charge in [0.1, 0.15) is 5.82 Å². The van der Waals surface area contributed by atoms with Crippen molar-refractivity contribution < 1.29 is 9.84 Å². The molecule has 1 aromatic carbocycles. The molecule has 0 unspecified atom stereocenters. The van der Waals surface area contributed by atoms with Gasteiger partial charge in [0.15, 0.2) is 0 Å². The largest absolute Gasteiger partial charge is 0.394 e. The van der Waals surface area contributed by atoms with Crippen LogP contribution in [0.25, 0.3) is 0 Å². The summed E-state index contributed by atoms with van der Waals surface area (Å²) in [6, 6.07) is 10.5. The van der Waals surface area contributed by atoms with E-state index in [1.165, 1.54) is 0 Å². The first-order chi connectivity index (χ1) is 12.7. The number of hydrogen-bond donors (Lipinski definition) is 2. The molecule has 6 heteroatoms. The van der Waals surface area contributed by atoms with E-state index >= 15 is 0 Å².